The molecule has 3 heterocycles. The average molecular weight is 390 g/mol. The van der Waals surface area contributed by atoms with Crippen LogP contribution >= 0.6 is 22.9 Å². The van der Waals surface area contributed by atoms with Crippen LogP contribution in [0, 0.1) is 0 Å². The lowest BCUT2D eigenvalue weighted by atomic mass is 10.1. The molecular weight excluding hydrogens is 370 g/mol. The fraction of sp³-hybridized carbons (Fsp3) is 0.368. The minimum absolute atomic E-state index is 0.115. The molecule has 0 aliphatic carbocycles. The van der Waals surface area contributed by atoms with Crippen molar-refractivity contribution in [1.29, 1.82) is 0 Å². The summed E-state index contributed by atoms with van der Waals surface area (Å²) in [4.78, 5) is 23.4. The minimum Gasteiger partial charge on any atom is -0.373 e. The van der Waals surface area contributed by atoms with Crippen molar-refractivity contribution in [1.82, 2.24) is 14.9 Å². The van der Waals surface area contributed by atoms with E-state index in [1.807, 2.05) is 29.6 Å². The normalized spacial score (nSPS) is 21.3. The zero-order chi connectivity index (χ0) is 18.3. The predicted octanol–water partition coefficient (Wildman–Crippen LogP) is 3.91. The molecule has 1 saturated heterocycles. The number of fused-ring (bicyclic) bond motifs is 1. The first kappa shape index (κ1) is 17.7. The lowest BCUT2D eigenvalue weighted by Gasteiger charge is -2.34. The van der Waals surface area contributed by atoms with Gasteiger partial charge in [-0.05, 0) is 19.9 Å². The van der Waals surface area contributed by atoms with E-state index in [-0.39, 0.29) is 17.8 Å². The number of hydrogen-bond acceptors (Lipinski definition) is 5. The van der Waals surface area contributed by atoms with Gasteiger partial charge >= 0.3 is 0 Å². The number of aromatic nitrogens is 2. The summed E-state index contributed by atoms with van der Waals surface area (Å²) in [5, 5.41) is 3.19. The van der Waals surface area contributed by atoms with Gasteiger partial charge in [0.2, 0.25) is 0 Å². The third-order valence-electron chi connectivity index (χ3n) is 4.53. The SMILES string of the molecule is C[C@@H]1CN(Cc2nc3scc(-c4ccccc4Cl)c3c(=O)[nH]2)C[C@H](C)O1. The average Bonchev–Trinajstić information content (AvgIpc) is 2.98. The summed E-state index contributed by atoms with van der Waals surface area (Å²) in [6.07, 6.45) is 0.366. The van der Waals surface area contributed by atoms with Crippen molar-refractivity contribution in [3.8, 4) is 11.1 Å². The fourth-order valence-electron chi connectivity index (χ4n) is 3.57. The minimum atomic E-state index is -0.115. The smallest absolute Gasteiger partial charge is 0.260 e. The Balaban J connectivity index is 1.68. The maximum Gasteiger partial charge on any atom is 0.260 e. The largest absolute Gasteiger partial charge is 0.373 e. The van der Waals surface area contributed by atoms with Crippen molar-refractivity contribution < 1.29 is 4.74 Å². The highest BCUT2D eigenvalue weighted by Gasteiger charge is 2.23. The van der Waals surface area contributed by atoms with Gasteiger partial charge in [-0.15, -0.1) is 11.3 Å². The maximum absolute atomic E-state index is 12.8. The van der Waals surface area contributed by atoms with Crippen LogP contribution in [0.4, 0.5) is 0 Å². The molecule has 2 atom stereocenters. The number of ether oxygens (including phenoxy) is 1. The zero-order valence-electron chi connectivity index (χ0n) is 14.7. The molecule has 2 aromatic heterocycles. The highest BCUT2D eigenvalue weighted by molar-refractivity contribution is 7.17. The Kier molecular flexibility index (Phi) is 4.84. The molecule has 0 unspecified atom stereocenters. The Morgan fingerprint density at radius 3 is 2.73 bits per heavy atom. The monoisotopic (exact) mass is 389 g/mol. The standard InChI is InChI=1S/C19H20ClN3O2S/c1-11-7-23(8-12(2)25-11)9-16-21-18(24)17-14(10-26-19(17)22-16)13-5-3-4-6-15(13)20/h3-6,10-12H,7-9H2,1-2H3,(H,21,22,24)/t11-,12+. The summed E-state index contributed by atoms with van der Waals surface area (Å²) >= 11 is 7.79. The van der Waals surface area contributed by atoms with Gasteiger partial charge in [0, 0.05) is 34.6 Å². The highest BCUT2D eigenvalue weighted by Crippen LogP contribution is 2.34. The molecule has 4 rings (SSSR count). The van der Waals surface area contributed by atoms with Crippen LogP contribution < -0.4 is 5.56 Å². The van der Waals surface area contributed by atoms with Crippen molar-refractivity contribution >= 4 is 33.2 Å². The Bertz CT molecular complexity index is 990. The number of aromatic amines is 1. The van der Waals surface area contributed by atoms with Crippen LogP contribution in [0.1, 0.15) is 19.7 Å². The second-order valence-electron chi connectivity index (χ2n) is 6.77. The molecule has 1 aliphatic rings. The van der Waals surface area contributed by atoms with Gasteiger partial charge in [-0.25, -0.2) is 4.98 Å². The molecule has 0 radical (unpaired) electrons. The summed E-state index contributed by atoms with van der Waals surface area (Å²) in [6, 6.07) is 7.55. The Morgan fingerprint density at radius 2 is 2.00 bits per heavy atom. The van der Waals surface area contributed by atoms with Gasteiger partial charge in [0.25, 0.3) is 5.56 Å². The van der Waals surface area contributed by atoms with E-state index in [2.05, 4.69) is 23.7 Å². The van der Waals surface area contributed by atoms with E-state index >= 15 is 0 Å². The van der Waals surface area contributed by atoms with Crippen molar-refractivity contribution in [2.24, 2.45) is 0 Å². The van der Waals surface area contributed by atoms with E-state index < -0.39 is 0 Å². The van der Waals surface area contributed by atoms with Gasteiger partial charge in [0.15, 0.2) is 0 Å². The van der Waals surface area contributed by atoms with Crippen molar-refractivity contribution in [3.05, 3.63) is 50.8 Å². The van der Waals surface area contributed by atoms with Crippen molar-refractivity contribution in [3.63, 3.8) is 0 Å². The van der Waals surface area contributed by atoms with Crippen molar-refractivity contribution in [2.75, 3.05) is 13.1 Å². The van der Waals surface area contributed by atoms with Gasteiger partial charge < -0.3 is 9.72 Å². The van der Waals surface area contributed by atoms with Gasteiger partial charge in [-0.3, -0.25) is 9.69 Å². The second-order valence-corrected chi connectivity index (χ2v) is 8.04. The number of halogens is 1. The molecule has 136 valence electrons. The van der Waals surface area contributed by atoms with Crippen LogP contribution in [0.15, 0.2) is 34.4 Å². The van der Waals surface area contributed by atoms with Crippen LogP contribution in [-0.4, -0.2) is 40.2 Å². The zero-order valence-corrected chi connectivity index (χ0v) is 16.2. The number of thiophene rings is 1. The molecule has 5 nitrogen and oxygen atoms in total. The van der Waals surface area contributed by atoms with Crippen molar-refractivity contribution in [2.45, 2.75) is 32.6 Å². The van der Waals surface area contributed by atoms with E-state index in [0.717, 1.165) is 29.0 Å². The summed E-state index contributed by atoms with van der Waals surface area (Å²) in [5.41, 5.74) is 1.58. The Labute approximate surface area is 160 Å². The van der Waals surface area contributed by atoms with E-state index in [1.165, 1.54) is 11.3 Å². The number of rotatable bonds is 3. The Morgan fingerprint density at radius 1 is 1.27 bits per heavy atom. The molecule has 1 aromatic carbocycles. The van der Waals surface area contributed by atoms with Gasteiger partial charge in [0.05, 0.1) is 24.1 Å². The molecule has 1 fully saturated rings. The molecule has 1 aliphatic heterocycles. The second kappa shape index (κ2) is 7.12. The van der Waals surface area contributed by atoms with Crippen LogP contribution in [0.2, 0.25) is 5.02 Å². The van der Waals surface area contributed by atoms with E-state index in [4.69, 9.17) is 21.3 Å². The number of H-pyrrole nitrogens is 1. The van der Waals surface area contributed by atoms with Crippen LogP contribution in [0.5, 0.6) is 0 Å². The van der Waals surface area contributed by atoms with Gasteiger partial charge in [-0.2, -0.15) is 0 Å². The molecule has 0 saturated carbocycles. The van der Waals surface area contributed by atoms with Crippen LogP contribution in [0.3, 0.4) is 0 Å². The van der Waals surface area contributed by atoms with Gasteiger partial charge in [0.1, 0.15) is 10.7 Å². The predicted molar refractivity (Wildman–Crippen MR) is 106 cm³/mol. The summed E-state index contributed by atoms with van der Waals surface area (Å²) < 4.78 is 5.77. The molecule has 7 heteroatoms. The molecule has 26 heavy (non-hydrogen) atoms. The first-order valence-corrected chi connectivity index (χ1v) is 9.90. The first-order chi connectivity index (χ1) is 12.5. The highest BCUT2D eigenvalue weighted by atomic mass is 35.5. The molecule has 3 aromatic rings. The molecule has 0 bridgehead atoms. The number of morpholine rings is 1. The fourth-order valence-corrected chi connectivity index (χ4v) is 4.77. The third-order valence-corrected chi connectivity index (χ3v) is 5.73. The molecular formula is C19H20ClN3O2S. The number of hydrogen-bond donors (Lipinski definition) is 1. The quantitative estimate of drug-likeness (QED) is 0.737. The van der Waals surface area contributed by atoms with Crippen LogP contribution in [-0.2, 0) is 11.3 Å². The van der Waals surface area contributed by atoms with E-state index in [1.54, 1.807) is 0 Å². The van der Waals surface area contributed by atoms with Gasteiger partial charge in [-0.1, -0.05) is 29.8 Å². The number of nitrogens with zero attached hydrogens (tertiary/aromatic N) is 2. The van der Waals surface area contributed by atoms with E-state index in [0.29, 0.717) is 22.8 Å². The summed E-state index contributed by atoms with van der Waals surface area (Å²) in [7, 11) is 0. The molecule has 0 amide bonds. The van der Waals surface area contributed by atoms with E-state index in [9.17, 15) is 4.79 Å². The maximum atomic E-state index is 12.8. The number of nitrogens with one attached hydrogen (secondary N) is 1. The topological polar surface area (TPSA) is 58.2 Å². The molecule has 0 spiro atoms. The lowest BCUT2D eigenvalue weighted by molar-refractivity contribution is -0.0710. The number of benzene rings is 1. The molecule has 1 N–H and O–H groups in total. The van der Waals surface area contributed by atoms with Crippen LogP contribution in [0.25, 0.3) is 21.3 Å². The lowest BCUT2D eigenvalue weighted by Crippen LogP contribution is -2.45. The summed E-state index contributed by atoms with van der Waals surface area (Å²) in [6.45, 7) is 6.42. The Hall–Kier alpha value is -1.73. The first-order valence-electron chi connectivity index (χ1n) is 8.64. The third kappa shape index (κ3) is 3.42. The summed E-state index contributed by atoms with van der Waals surface area (Å²) in [5.74, 6) is 0.691.